The van der Waals surface area contributed by atoms with Gasteiger partial charge in [0.2, 0.25) is 11.8 Å². The first kappa shape index (κ1) is 10.00. The molecule has 1 saturated heterocycles. The van der Waals surface area contributed by atoms with E-state index in [2.05, 4.69) is 5.32 Å². The fraction of sp³-hybridized carbons (Fsp3) is 0.357. The van der Waals surface area contributed by atoms with Crippen LogP contribution in [0, 0.1) is 17.3 Å². The van der Waals surface area contributed by atoms with Crippen LogP contribution in [-0.2, 0) is 14.4 Å². The summed E-state index contributed by atoms with van der Waals surface area (Å²) in [7, 11) is 0. The summed E-state index contributed by atoms with van der Waals surface area (Å²) in [4.78, 5) is 36.5. The highest BCUT2D eigenvalue weighted by Crippen LogP contribution is 2.58. The molecule has 2 fully saturated rings. The standard InChI is InChI=1S/C14H11NO3/c16-11-8-5-1-3-7-4-2-6-14(9(7)8)10(11)12(17)15-13(14)18/h1-3,6,8,10H,4-5H2,(H,15,17,18). The number of carbonyl (C=O) groups excluding carboxylic acids is 3. The molecule has 2 amide bonds. The van der Waals surface area contributed by atoms with Gasteiger partial charge < -0.3 is 0 Å². The quantitative estimate of drug-likeness (QED) is 0.385. The Balaban J connectivity index is 2.06. The number of imide groups is 1. The molecule has 18 heavy (non-hydrogen) atoms. The summed E-state index contributed by atoms with van der Waals surface area (Å²) < 4.78 is 0. The average molecular weight is 241 g/mol. The molecule has 1 aliphatic heterocycles. The Morgan fingerprint density at radius 2 is 2.06 bits per heavy atom. The van der Waals surface area contributed by atoms with E-state index in [1.165, 1.54) is 0 Å². The summed E-state index contributed by atoms with van der Waals surface area (Å²) in [5, 5.41) is 2.32. The van der Waals surface area contributed by atoms with E-state index in [-0.39, 0.29) is 17.6 Å². The molecule has 4 rings (SSSR count). The number of rotatable bonds is 0. The van der Waals surface area contributed by atoms with Crippen LogP contribution < -0.4 is 5.32 Å². The van der Waals surface area contributed by atoms with E-state index in [1.54, 1.807) is 6.08 Å². The van der Waals surface area contributed by atoms with E-state index >= 15 is 0 Å². The minimum atomic E-state index is -1.00. The van der Waals surface area contributed by atoms with Crippen molar-refractivity contribution in [2.24, 2.45) is 17.3 Å². The SMILES string of the molecule is O=C1NC(=O)C23C=CCC4=C2C(CC=C4)C(=O)C13. The summed E-state index contributed by atoms with van der Waals surface area (Å²) in [5.74, 6) is -1.96. The molecule has 1 spiro atoms. The lowest BCUT2D eigenvalue weighted by molar-refractivity contribution is -0.132. The Morgan fingerprint density at radius 1 is 1.22 bits per heavy atom. The van der Waals surface area contributed by atoms with E-state index in [0.717, 1.165) is 17.6 Å². The number of hydrogen-bond acceptors (Lipinski definition) is 3. The van der Waals surface area contributed by atoms with Gasteiger partial charge in [-0.2, -0.15) is 0 Å². The van der Waals surface area contributed by atoms with Gasteiger partial charge in [-0.05, 0) is 24.0 Å². The molecule has 90 valence electrons. The van der Waals surface area contributed by atoms with E-state index in [0.29, 0.717) is 6.42 Å². The third-order valence-electron chi connectivity index (χ3n) is 4.51. The number of carbonyl (C=O) groups is 3. The molecular weight excluding hydrogens is 230 g/mol. The fourth-order valence-corrected chi connectivity index (χ4v) is 3.86. The summed E-state index contributed by atoms with van der Waals surface area (Å²) in [6.45, 7) is 0. The molecule has 3 atom stereocenters. The maximum Gasteiger partial charge on any atom is 0.242 e. The summed E-state index contributed by atoms with van der Waals surface area (Å²) in [6.07, 6.45) is 8.99. The van der Waals surface area contributed by atoms with Gasteiger partial charge in [-0.25, -0.2) is 0 Å². The van der Waals surface area contributed by atoms with Crippen molar-refractivity contribution in [2.75, 3.05) is 0 Å². The van der Waals surface area contributed by atoms with E-state index < -0.39 is 17.2 Å². The molecule has 3 unspecified atom stereocenters. The van der Waals surface area contributed by atoms with Gasteiger partial charge in [0.15, 0.2) is 5.78 Å². The van der Waals surface area contributed by atoms with E-state index in [4.69, 9.17) is 0 Å². The van der Waals surface area contributed by atoms with Gasteiger partial charge in [0.25, 0.3) is 0 Å². The first-order chi connectivity index (χ1) is 8.66. The monoisotopic (exact) mass is 241 g/mol. The predicted octanol–water partition coefficient (Wildman–Crippen LogP) is 0.661. The smallest absolute Gasteiger partial charge is 0.242 e. The van der Waals surface area contributed by atoms with Crippen LogP contribution in [-0.4, -0.2) is 17.6 Å². The van der Waals surface area contributed by atoms with Crippen LogP contribution in [0.25, 0.3) is 0 Å². The van der Waals surface area contributed by atoms with Gasteiger partial charge in [0.1, 0.15) is 11.3 Å². The Hall–Kier alpha value is -1.97. The summed E-state index contributed by atoms with van der Waals surface area (Å²) in [6, 6.07) is 0. The Kier molecular flexibility index (Phi) is 1.60. The Bertz CT molecular complexity index is 611. The van der Waals surface area contributed by atoms with Crippen LogP contribution in [0.3, 0.4) is 0 Å². The van der Waals surface area contributed by atoms with Gasteiger partial charge in [-0.1, -0.05) is 24.3 Å². The normalized spacial score (nSPS) is 40.1. The third-order valence-corrected chi connectivity index (χ3v) is 4.51. The van der Waals surface area contributed by atoms with Crippen molar-refractivity contribution in [1.29, 1.82) is 0 Å². The van der Waals surface area contributed by atoms with Gasteiger partial charge in [-0.15, -0.1) is 0 Å². The third kappa shape index (κ3) is 0.847. The first-order valence-electron chi connectivity index (χ1n) is 6.13. The lowest BCUT2D eigenvalue weighted by Gasteiger charge is -2.30. The number of hydrogen-bond donors (Lipinski definition) is 1. The van der Waals surface area contributed by atoms with Crippen molar-refractivity contribution in [3.8, 4) is 0 Å². The van der Waals surface area contributed by atoms with Crippen LogP contribution in [0.1, 0.15) is 12.8 Å². The largest absolute Gasteiger partial charge is 0.298 e. The zero-order valence-electron chi connectivity index (χ0n) is 9.60. The molecule has 0 aromatic heterocycles. The highest BCUT2D eigenvalue weighted by atomic mass is 16.2. The predicted molar refractivity (Wildman–Crippen MR) is 62.1 cm³/mol. The molecule has 0 aromatic rings. The molecular formula is C14H11NO3. The van der Waals surface area contributed by atoms with Crippen molar-refractivity contribution in [1.82, 2.24) is 5.32 Å². The second kappa shape index (κ2) is 2.88. The van der Waals surface area contributed by atoms with Crippen molar-refractivity contribution in [3.63, 3.8) is 0 Å². The van der Waals surface area contributed by atoms with Crippen LogP contribution in [0.5, 0.6) is 0 Å². The van der Waals surface area contributed by atoms with Gasteiger partial charge in [-0.3, -0.25) is 19.7 Å². The zero-order valence-corrected chi connectivity index (χ0v) is 9.60. The fourth-order valence-electron chi connectivity index (χ4n) is 3.86. The van der Waals surface area contributed by atoms with Gasteiger partial charge in [0.05, 0.1) is 0 Å². The Morgan fingerprint density at radius 3 is 2.89 bits per heavy atom. The van der Waals surface area contributed by atoms with Crippen LogP contribution in [0.15, 0.2) is 35.5 Å². The number of allylic oxidation sites excluding steroid dienone is 4. The highest BCUT2D eigenvalue weighted by molar-refractivity contribution is 6.23. The maximum absolute atomic E-state index is 12.4. The molecule has 3 aliphatic carbocycles. The molecule has 1 saturated carbocycles. The molecule has 4 aliphatic rings. The minimum absolute atomic E-state index is 0.0956. The maximum atomic E-state index is 12.4. The highest BCUT2D eigenvalue weighted by Gasteiger charge is 2.67. The van der Waals surface area contributed by atoms with Crippen molar-refractivity contribution < 1.29 is 14.4 Å². The zero-order chi connectivity index (χ0) is 12.5. The number of Topliss-reactive ketones (excluding diaryl/α,β-unsaturated/α-hetero) is 1. The molecule has 4 heteroatoms. The molecule has 4 nitrogen and oxygen atoms in total. The molecule has 1 N–H and O–H groups in total. The Labute approximate surface area is 103 Å². The average Bonchev–Trinajstić information content (AvgIpc) is 2.76. The number of amides is 2. The lowest BCUT2D eigenvalue weighted by Crippen LogP contribution is -2.35. The topological polar surface area (TPSA) is 63.2 Å². The number of nitrogens with one attached hydrogen (secondary N) is 1. The van der Waals surface area contributed by atoms with Crippen LogP contribution >= 0.6 is 0 Å². The molecule has 1 heterocycles. The molecule has 0 aromatic carbocycles. The second-order valence-corrected chi connectivity index (χ2v) is 5.26. The number of ketones is 1. The first-order valence-corrected chi connectivity index (χ1v) is 6.13. The van der Waals surface area contributed by atoms with Crippen molar-refractivity contribution >= 4 is 17.6 Å². The van der Waals surface area contributed by atoms with Crippen LogP contribution in [0.2, 0.25) is 0 Å². The van der Waals surface area contributed by atoms with Gasteiger partial charge >= 0.3 is 0 Å². The summed E-state index contributed by atoms with van der Waals surface area (Å²) >= 11 is 0. The van der Waals surface area contributed by atoms with Crippen LogP contribution in [0.4, 0.5) is 0 Å². The van der Waals surface area contributed by atoms with Gasteiger partial charge in [0, 0.05) is 5.92 Å². The lowest BCUT2D eigenvalue weighted by atomic mass is 9.69. The molecule has 0 radical (unpaired) electrons. The van der Waals surface area contributed by atoms with E-state index in [9.17, 15) is 14.4 Å². The van der Waals surface area contributed by atoms with Crippen molar-refractivity contribution in [3.05, 3.63) is 35.5 Å². The molecule has 0 bridgehead atoms. The van der Waals surface area contributed by atoms with Crippen molar-refractivity contribution in [2.45, 2.75) is 12.8 Å². The van der Waals surface area contributed by atoms with E-state index in [1.807, 2.05) is 18.2 Å². The summed E-state index contributed by atoms with van der Waals surface area (Å²) in [5.41, 5.74) is 0.914. The minimum Gasteiger partial charge on any atom is -0.298 e. The second-order valence-electron chi connectivity index (χ2n) is 5.26.